The van der Waals surface area contributed by atoms with Gasteiger partial charge >= 0.3 is 11.8 Å². The quantitative estimate of drug-likeness (QED) is 0.397. The highest BCUT2D eigenvalue weighted by atomic mass is 19.1. The average molecular weight is 492 g/mol. The molecule has 5 rings (SSSR count). The summed E-state index contributed by atoms with van der Waals surface area (Å²) in [6.45, 7) is 5.90. The van der Waals surface area contributed by atoms with Crippen LogP contribution in [0.15, 0.2) is 35.2 Å². The molecule has 1 amide bonds. The van der Waals surface area contributed by atoms with Crippen molar-refractivity contribution in [2.45, 2.75) is 51.5 Å². The van der Waals surface area contributed by atoms with Gasteiger partial charge in [-0.3, -0.25) is 9.48 Å². The minimum Gasteiger partial charge on any atom is -0.344 e. The molecule has 4 aromatic rings. The lowest BCUT2D eigenvalue weighted by Crippen LogP contribution is -2.24. The van der Waals surface area contributed by atoms with Crippen LogP contribution >= 0.6 is 0 Å². The van der Waals surface area contributed by atoms with E-state index in [0.29, 0.717) is 22.8 Å². The maximum absolute atomic E-state index is 15.8. The second kappa shape index (κ2) is 9.10. The molecule has 3 aromatic heterocycles. The minimum atomic E-state index is -0.507. The van der Waals surface area contributed by atoms with Crippen molar-refractivity contribution in [3.63, 3.8) is 0 Å². The van der Waals surface area contributed by atoms with Crippen molar-refractivity contribution in [1.29, 1.82) is 0 Å². The summed E-state index contributed by atoms with van der Waals surface area (Å²) in [5, 5.41) is 13.9. The number of rotatable bonds is 7. The molecule has 12 heteroatoms. The highest BCUT2D eigenvalue weighted by molar-refractivity contribution is 5.89. The van der Waals surface area contributed by atoms with Crippen LogP contribution in [0, 0.1) is 5.82 Å². The third-order valence-corrected chi connectivity index (χ3v) is 5.75. The Balaban J connectivity index is 1.36. The first-order valence-electron chi connectivity index (χ1n) is 11.6. The van der Waals surface area contributed by atoms with Gasteiger partial charge in [0.1, 0.15) is 12.1 Å². The molecule has 2 N–H and O–H groups in total. The average Bonchev–Trinajstić information content (AvgIpc) is 3.37. The van der Waals surface area contributed by atoms with E-state index in [1.165, 1.54) is 6.33 Å². The number of nitrogens with one attached hydrogen (secondary N) is 2. The molecule has 1 aliphatic carbocycles. The topological polar surface area (TPSA) is 137 Å². The van der Waals surface area contributed by atoms with Crippen LogP contribution in [-0.2, 0) is 19.0 Å². The number of hydrogen-bond acceptors (Lipinski definition) is 9. The number of amides is 1. The van der Waals surface area contributed by atoms with Gasteiger partial charge in [0.05, 0.1) is 5.56 Å². The Morgan fingerprint density at radius 2 is 2.00 bits per heavy atom. The summed E-state index contributed by atoms with van der Waals surface area (Å²) < 4.78 is 22.5. The smallest absolute Gasteiger partial charge is 0.315 e. The Labute approximate surface area is 206 Å². The summed E-state index contributed by atoms with van der Waals surface area (Å²) in [5.41, 5.74) is 1.17. The van der Waals surface area contributed by atoms with Crippen LogP contribution in [0.3, 0.4) is 0 Å². The summed E-state index contributed by atoms with van der Waals surface area (Å²) >= 11 is 0. The van der Waals surface area contributed by atoms with Gasteiger partial charge in [0.25, 0.3) is 0 Å². The third-order valence-electron chi connectivity index (χ3n) is 5.75. The van der Waals surface area contributed by atoms with Crippen molar-refractivity contribution in [2.24, 2.45) is 7.05 Å². The van der Waals surface area contributed by atoms with Gasteiger partial charge in [-0.05, 0) is 36.0 Å². The maximum atomic E-state index is 15.8. The highest BCUT2D eigenvalue weighted by Crippen LogP contribution is 2.44. The zero-order valence-corrected chi connectivity index (χ0v) is 20.4. The van der Waals surface area contributed by atoms with Crippen LogP contribution < -0.4 is 10.6 Å². The lowest BCUT2D eigenvalue weighted by atomic mass is 9.96. The van der Waals surface area contributed by atoms with Gasteiger partial charge in [-0.2, -0.15) is 15.1 Å². The summed E-state index contributed by atoms with van der Waals surface area (Å²) in [7, 11) is 1.80. The predicted molar refractivity (Wildman–Crippen MR) is 128 cm³/mol. The van der Waals surface area contributed by atoms with Crippen LogP contribution in [-0.4, -0.2) is 40.8 Å². The highest BCUT2D eigenvalue weighted by Gasteiger charge is 2.31. The molecule has 0 atom stereocenters. The molecule has 0 aliphatic heterocycles. The van der Waals surface area contributed by atoms with E-state index in [9.17, 15) is 4.79 Å². The van der Waals surface area contributed by atoms with Crippen molar-refractivity contribution >= 4 is 17.7 Å². The van der Waals surface area contributed by atoms with Gasteiger partial charge in [0.15, 0.2) is 17.5 Å². The second-order valence-corrected chi connectivity index (χ2v) is 9.76. The molecular weight excluding hydrogens is 465 g/mol. The van der Waals surface area contributed by atoms with E-state index >= 15 is 4.39 Å². The van der Waals surface area contributed by atoms with Gasteiger partial charge < -0.3 is 15.2 Å². The van der Waals surface area contributed by atoms with Gasteiger partial charge in [-0.25, -0.2) is 14.4 Å². The van der Waals surface area contributed by atoms with Gasteiger partial charge in [0.2, 0.25) is 5.95 Å². The number of aryl methyl sites for hydroxylation is 1. The molecule has 0 radical (unpaired) electrons. The first-order chi connectivity index (χ1) is 17.2. The Kier molecular flexibility index (Phi) is 5.94. The minimum absolute atomic E-state index is 0.0840. The fourth-order valence-electron chi connectivity index (χ4n) is 3.73. The zero-order valence-electron chi connectivity index (χ0n) is 20.4. The molecular formula is C24H26FN9O2. The number of hydrogen-bond donors (Lipinski definition) is 2. The first-order valence-corrected chi connectivity index (χ1v) is 11.6. The largest absolute Gasteiger partial charge is 0.344 e. The second-order valence-electron chi connectivity index (χ2n) is 9.76. The lowest BCUT2D eigenvalue weighted by molar-refractivity contribution is 0.0906. The molecule has 1 aliphatic rings. The van der Waals surface area contributed by atoms with Crippen LogP contribution in [0.2, 0.25) is 0 Å². The number of benzene rings is 1. The number of carbonyl (C=O) groups excluding carboxylic acids is 1. The van der Waals surface area contributed by atoms with Crippen LogP contribution in [0.25, 0.3) is 11.4 Å². The summed E-state index contributed by atoms with van der Waals surface area (Å²) in [6, 6.07) is 5.18. The molecule has 36 heavy (non-hydrogen) atoms. The van der Waals surface area contributed by atoms with Crippen molar-refractivity contribution < 1.29 is 13.7 Å². The molecule has 186 valence electrons. The van der Waals surface area contributed by atoms with E-state index < -0.39 is 11.7 Å². The van der Waals surface area contributed by atoms with Crippen LogP contribution in [0.1, 0.15) is 67.2 Å². The summed E-state index contributed by atoms with van der Waals surface area (Å²) in [4.78, 5) is 29.4. The number of halogens is 1. The Morgan fingerprint density at radius 1 is 1.19 bits per heavy atom. The summed E-state index contributed by atoms with van der Waals surface area (Å²) in [5.74, 6) is 0.532. The SMILES string of the molecule is Cn1ccc(Nc2ncnc(-c3ccc(CNC(=O)c4nc(C(C)(C)C)no4)c(C4CC4)c3F)n2)n1. The number of carbonyl (C=O) groups is 1. The Morgan fingerprint density at radius 3 is 2.67 bits per heavy atom. The number of aromatic nitrogens is 7. The number of anilines is 2. The lowest BCUT2D eigenvalue weighted by Gasteiger charge is -2.14. The fourth-order valence-corrected chi connectivity index (χ4v) is 3.73. The van der Waals surface area contributed by atoms with E-state index in [0.717, 1.165) is 12.8 Å². The molecule has 1 fully saturated rings. The molecule has 0 spiro atoms. The van der Waals surface area contributed by atoms with Gasteiger partial charge in [0, 0.05) is 31.3 Å². The van der Waals surface area contributed by atoms with Crippen molar-refractivity contribution in [3.8, 4) is 11.4 Å². The van der Waals surface area contributed by atoms with Gasteiger partial charge in [-0.15, -0.1) is 0 Å². The van der Waals surface area contributed by atoms with E-state index in [-0.39, 0.29) is 41.1 Å². The Bertz CT molecular complexity index is 1420. The van der Waals surface area contributed by atoms with Crippen molar-refractivity contribution in [3.05, 3.63) is 59.4 Å². The molecule has 11 nitrogen and oxygen atoms in total. The zero-order chi connectivity index (χ0) is 25.4. The molecule has 1 aromatic carbocycles. The monoisotopic (exact) mass is 491 g/mol. The van der Waals surface area contributed by atoms with Crippen LogP contribution in [0.5, 0.6) is 0 Å². The normalized spacial score (nSPS) is 13.6. The first kappa shape index (κ1) is 23.5. The maximum Gasteiger partial charge on any atom is 0.315 e. The predicted octanol–water partition coefficient (Wildman–Crippen LogP) is 3.64. The van der Waals surface area contributed by atoms with E-state index in [2.05, 4.69) is 40.8 Å². The number of nitrogens with zero attached hydrogens (tertiary/aromatic N) is 7. The third kappa shape index (κ3) is 4.92. The molecule has 0 unspecified atom stereocenters. The van der Waals surface area contributed by atoms with Crippen molar-refractivity contribution in [2.75, 3.05) is 5.32 Å². The summed E-state index contributed by atoms with van der Waals surface area (Å²) in [6.07, 6.45) is 4.87. The van der Waals surface area contributed by atoms with Crippen molar-refractivity contribution in [1.82, 2.24) is 40.2 Å². The molecule has 0 bridgehead atoms. The van der Waals surface area contributed by atoms with E-state index in [4.69, 9.17) is 4.52 Å². The van der Waals surface area contributed by atoms with E-state index in [1.807, 2.05) is 20.8 Å². The molecule has 0 saturated heterocycles. The van der Waals surface area contributed by atoms with E-state index in [1.54, 1.807) is 36.1 Å². The fraction of sp³-hybridized carbons (Fsp3) is 0.375. The molecule has 3 heterocycles. The Hall–Kier alpha value is -4.22. The molecule has 1 saturated carbocycles. The van der Waals surface area contributed by atoms with Gasteiger partial charge in [-0.1, -0.05) is 32.0 Å². The standard InChI is InChI=1S/C24H26FN9O2/c1-24(2,3)22-31-21(36-33-22)20(35)26-11-14-7-8-15(18(25)17(14)13-5-6-13)19-27-12-28-23(30-19)29-16-9-10-34(4)32-16/h7-10,12-13H,5-6,11H2,1-4H3,(H,26,35)(H,27,28,29,30,32). The van der Waals surface area contributed by atoms with Crippen LogP contribution in [0.4, 0.5) is 16.2 Å².